The Bertz CT molecular complexity index is 921. The molecule has 2 aromatic rings. The van der Waals surface area contributed by atoms with Gasteiger partial charge in [0.05, 0.1) is 11.9 Å². The number of carbonyl (C=O) groups excluding carboxylic acids is 1. The molecule has 0 aliphatic rings. The summed E-state index contributed by atoms with van der Waals surface area (Å²) in [6.07, 6.45) is 1.50. The van der Waals surface area contributed by atoms with Gasteiger partial charge in [-0.05, 0) is 57.0 Å². The van der Waals surface area contributed by atoms with E-state index in [0.717, 1.165) is 36.2 Å². The third-order valence-corrected chi connectivity index (χ3v) is 6.33. The Balaban J connectivity index is 2.15. The van der Waals surface area contributed by atoms with Crippen molar-refractivity contribution in [1.29, 1.82) is 0 Å². The third kappa shape index (κ3) is 5.98. The summed E-state index contributed by atoms with van der Waals surface area (Å²) < 4.78 is 26.2. The minimum absolute atomic E-state index is 0.309. The summed E-state index contributed by atoms with van der Waals surface area (Å²) in [5.74, 6) is -0.309. The lowest BCUT2D eigenvalue weighted by Gasteiger charge is -2.30. The Labute approximate surface area is 180 Å². The van der Waals surface area contributed by atoms with E-state index < -0.39 is 16.1 Å². The first kappa shape index (κ1) is 23.7. The number of benzene rings is 2. The molecule has 2 rings (SSSR count). The summed E-state index contributed by atoms with van der Waals surface area (Å²) in [5.41, 5.74) is 3.63. The van der Waals surface area contributed by atoms with Crippen LogP contribution in [0, 0.1) is 6.92 Å². The number of aryl methyl sites for hydroxylation is 1. The van der Waals surface area contributed by atoms with Gasteiger partial charge in [-0.2, -0.15) is 0 Å². The molecule has 0 radical (unpaired) electrons. The normalized spacial score (nSPS) is 12.3. The van der Waals surface area contributed by atoms with Crippen LogP contribution in [0.1, 0.15) is 38.3 Å². The SMILES string of the molecule is CCC(C(=O)NCc1ccc(N(CC)CC)cc1)N(c1ccc(C)cc1)S(C)(=O)=O. The minimum Gasteiger partial charge on any atom is -0.372 e. The molecule has 0 saturated heterocycles. The van der Waals surface area contributed by atoms with Gasteiger partial charge in [-0.3, -0.25) is 9.10 Å². The molecule has 7 heteroatoms. The quantitative estimate of drug-likeness (QED) is 0.623. The molecule has 1 N–H and O–H groups in total. The van der Waals surface area contributed by atoms with E-state index in [9.17, 15) is 13.2 Å². The summed E-state index contributed by atoms with van der Waals surface area (Å²) >= 11 is 0. The number of amides is 1. The highest BCUT2D eigenvalue weighted by molar-refractivity contribution is 7.92. The number of rotatable bonds is 10. The Morgan fingerprint density at radius 3 is 1.93 bits per heavy atom. The number of anilines is 2. The molecule has 1 unspecified atom stereocenters. The van der Waals surface area contributed by atoms with E-state index in [0.29, 0.717) is 18.7 Å². The van der Waals surface area contributed by atoms with Gasteiger partial charge >= 0.3 is 0 Å². The number of carbonyl (C=O) groups is 1. The van der Waals surface area contributed by atoms with Gasteiger partial charge in [0.1, 0.15) is 6.04 Å². The molecular formula is C23H33N3O3S. The Morgan fingerprint density at radius 1 is 0.933 bits per heavy atom. The second kappa shape index (κ2) is 10.5. The summed E-state index contributed by atoms with van der Waals surface area (Å²) in [6.45, 7) is 10.2. The van der Waals surface area contributed by atoms with Crippen molar-refractivity contribution >= 4 is 27.3 Å². The topological polar surface area (TPSA) is 69.7 Å². The highest BCUT2D eigenvalue weighted by Gasteiger charge is 2.31. The van der Waals surface area contributed by atoms with Crippen LogP contribution in [0.5, 0.6) is 0 Å². The number of hydrogen-bond acceptors (Lipinski definition) is 4. The molecular weight excluding hydrogens is 398 g/mol. The van der Waals surface area contributed by atoms with Crippen LogP contribution in [0.3, 0.4) is 0 Å². The number of nitrogens with zero attached hydrogens (tertiary/aromatic N) is 2. The molecule has 0 fully saturated rings. The molecule has 1 amide bonds. The zero-order valence-corrected chi connectivity index (χ0v) is 19.4. The zero-order valence-electron chi connectivity index (χ0n) is 18.6. The molecule has 6 nitrogen and oxygen atoms in total. The van der Waals surface area contributed by atoms with Gasteiger partial charge in [0, 0.05) is 25.3 Å². The predicted molar refractivity (Wildman–Crippen MR) is 124 cm³/mol. The highest BCUT2D eigenvalue weighted by atomic mass is 32.2. The number of nitrogens with one attached hydrogen (secondary N) is 1. The monoisotopic (exact) mass is 431 g/mol. The second-order valence-electron chi connectivity index (χ2n) is 7.37. The van der Waals surface area contributed by atoms with Gasteiger partial charge in [-0.25, -0.2) is 8.42 Å². The van der Waals surface area contributed by atoms with Crippen molar-refractivity contribution in [2.24, 2.45) is 0 Å². The predicted octanol–water partition coefficient (Wildman–Crippen LogP) is 3.70. The van der Waals surface area contributed by atoms with Gasteiger partial charge in [0.2, 0.25) is 15.9 Å². The van der Waals surface area contributed by atoms with Crippen molar-refractivity contribution in [2.45, 2.75) is 46.7 Å². The average Bonchev–Trinajstić information content (AvgIpc) is 2.72. The second-order valence-corrected chi connectivity index (χ2v) is 9.23. The molecule has 0 heterocycles. The van der Waals surface area contributed by atoms with Gasteiger partial charge in [-0.15, -0.1) is 0 Å². The maximum absolute atomic E-state index is 12.9. The van der Waals surface area contributed by atoms with Crippen LogP contribution >= 0.6 is 0 Å². The lowest BCUT2D eigenvalue weighted by Crippen LogP contribution is -2.49. The van der Waals surface area contributed by atoms with Crippen LogP contribution in [0.2, 0.25) is 0 Å². The molecule has 0 aliphatic heterocycles. The first-order valence-corrected chi connectivity index (χ1v) is 12.2. The van der Waals surface area contributed by atoms with E-state index in [4.69, 9.17) is 0 Å². The van der Waals surface area contributed by atoms with Gasteiger partial charge in [-0.1, -0.05) is 36.8 Å². The Kier molecular flexibility index (Phi) is 8.29. The lowest BCUT2D eigenvalue weighted by atomic mass is 10.1. The maximum atomic E-state index is 12.9. The van der Waals surface area contributed by atoms with Crippen molar-refractivity contribution in [3.63, 3.8) is 0 Å². The molecule has 0 aliphatic carbocycles. The fourth-order valence-electron chi connectivity index (χ4n) is 3.47. The van der Waals surface area contributed by atoms with Gasteiger partial charge in [0.25, 0.3) is 0 Å². The summed E-state index contributed by atoms with van der Waals surface area (Å²) in [7, 11) is -3.62. The zero-order chi connectivity index (χ0) is 22.3. The standard InChI is InChI=1S/C23H33N3O3S/c1-6-22(26(30(5,28)29)21-13-9-18(4)10-14-21)23(27)24-17-19-11-15-20(16-12-19)25(7-2)8-3/h9-16,22H,6-8,17H2,1-5H3,(H,24,27). The van der Waals surface area contributed by atoms with Crippen molar-refractivity contribution in [1.82, 2.24) is 5.32 Å². The Morgan fingerprint density at radius 2 is 1.47 bits per heavy atom. The van der Waals surface area contributed by atoms with E-state index in [1.165, 1.54) is 4.31 Å². The summed E-state index contributed by atoms with van der Waals surface area (Å²) in [4.78, 5) is 15.2. The third-order valence-electron chi connectivity index (χ3n) is 5.15. The van der Waals surface area contributed by atoms with Crippen LogP contribution in [-0.4, -0.2) is 39.7 Å². The fourth-order valence-corrected chi connectivity index (χ4v) is 4.68. The highest BCUT2D eigenvalue weighted by Crippen LogP contribution is 2.23. The lowest BCUT2D eigenvalue weighted by molar-refractivity contribution is -0.122. The van der Waals surface area contributed by atoms with E-state index in [1.54, 1.807) is 12.1 Å². The fraction of sp³-hybridized carbons (Fsp3) is 0.435. The van der Waals surface area contributed by atoms with Crippen LogP contribution < -0.4 is 14.5 Å². The maximum Gasteiger partial charge on any atom is 0.244 e. The number of hydrogen-bond donors (Lipinski definition) is 1. The van der Waals surface area contributed by atoms with Gasteiger partial charge < -0.3 is 10.2 Å². The smallest absolute Gasteiger partial charge is 0.244 e. The molecule has 0 saturated carbocycles. The molecule has 164 valence electrons. The van der Waals surface area contributed by atoms with Crippen molar-refractivity contribution in [3.8, 4) is 0 Å². The summed E-state index contributed by atoms with van der Waals surface area (Å²) in [5, 5.41) is 2.90. The van der Waals surface area contributed by atoms with Crippen LogP contribution in [0.15, 0.2) is 48.5 Å². The summed E-state index contributed by atoms with van der Waals surface area (Å²) in [6, 6.07) is 14.4. The van der Waals surface area contributed by atoms with Crippen molar-refractivity contribution in [2.75, 3.05) is 28.6 Å². The molecule has 30 heavy (non-hydrogen) atoms. The van der Waals surface area contributed by atoms with Gasteiger partial charge in [0.15, 0.2) is 0 Å². The largest absolute Gasteiger partial charge is 0.372 e. The minimum atomic E-state index is -3.62. The Hall–Kier alpha value is -2.54. The van der Waals surface area contributed by atoms with E-state index >= 15 is 0 Å². The van der Waals surface area contributed by atoms with Crippen LogP contribution in [0.25, 0.3) is 0 Å². The molecule has 0 aromatic heterocycles. The van der Waals surface area contributed by atoms with E-state index in [1.807, 2.05) is 50.2 Å². The molecule has 0 bridgehead atoms. The van der Waals surface area contributed by atoms with Crippen molar-refractivity contribution < 1.29 is 13.2 Å². The molecule has 1 atom stereocenters. The van der Waals surface area contributed by atoms with Crippen LogP contribution in [0.4, 0.5) is 11.4 Å². The van der Waals surface area contributed by atoms with E-state index in [-0.39, 0.29) is 5.91 Å². The van der Waals surface area contributed by atoms with Crippen LogP contribution in [-0.2, 0) is 21.4 Å². The molecule has 2 aromatic carbocycles. The molecule has 0 spiro atoms. The first-order valence-electron chi connectivity index (χ1n) is 10.4. The van der Waals surface area contributed by atoms with E-state index in [2.05, 4.69) is 24.1 Å². The average molecular weight is 432 g/mol. The first-order chi connectivity index (χ1) is 14.2. The van der Waals surface area contributed by atoms with Crippen molar-refractivity contribution in [3.05, 3.63) is 59.7 Å². The number of sulfonamides is 1.